The number of esters is 1. The highest BCUT2D eigenvalue weighted by molar-refractivity contribution is 6.00. The molecule has 2 atom stereocenters. The molecule has 1 aromatic carbocycles. The Morgan fingerprint density at radius 2 is 1.84 bits per heavy atom. The summed E-state index contributed by atoms with van der Waals surface area (Å²) in [4.78, 5) is 26.4. The highest BCUT2D eigenvalue weighted by Gasteiger charge is 2.41. The number of benzene rings is 1. The molecule has 1 heterocycles. The second-order valence-electron chi connectivity index (χ2n) is 4.92. The van der Waals surface area contributed by atoms with Crippen molar-refractivity contribution in [3.05, 3.63) is 35.9 Å². The molecule has 1 aliphatic rings. The van der Waals surface area contributed by atoms with E-state index in [9.17, 15) is 9.59 Å². The van der Waals surface area contributed by atoms with E-state index in [0.29, 0.717) is 25.3 Å². The van der Waals surface area contributed by atoms with E-state index in [1.807, 2.05) is 30.1 Å². The smallest absolute Gasteiger partial charge is 0.311 e. The van der Waals surface area contributed by atoms with E-state index in [1.54, 1.807) is 19.1 Å². The number of hydrogen-bond acceptors (Lipinski definition) is 4. The van der Waals surface area contributed by atoms with Crippen molar-refractivity contribution in [2.24, 2.45) is 11.8 Å². The molecule has 1 aromatic rings. The Hall–Kier alpha value is -1.68. The number of nitrogens with zero attached hydrogens (tertiary/aromatic N) is 1. The van der Waals surface area contributed by atoms with E-state index in [0.717, 1.165) is 0 Å². The highest BCUT2D eigenvalue weighted by Crippen LogP contribution is 2.27. The number of rotatable bonds is 4. The average Bonchev–Trinajstić information content (AvgIpc) is 2.81. The maximum absolute atomic E-state index is 12.5. The van der Waals surface area contributed by atoms with Crippen molar-refractivity contribution in [3.8, 4) is 0 Å². The third-order valence-electron chi connectivity index (χ3n) is 3.49. The molecule has 0 saturated carbocycles. The second-order valence-corrected chi connectivity index (χ2v) is 4.92. The summed E-state index contributed by atoms with van der Waals surface area (Å²) >= 11 is 0. The first-order valence-corrected chi connectivity index (χ1v) is 6.58. The minimum atomic E-state index is -0.349. The number of ketones is 1. The normalized spacial score (nSPS) is 23.3. The average molecular weight is 261 g/mol. The standard InChI is InChI=1S/C15H19NO3/c1-3-19-15(18)13-10-16(2)9-12(13)14(17)11-7-5-4-6-8-11/h4-8,12-13H,3,9-10H2,1-2H3/t12-,13-/m1/s1. The predicted octanol–water partition coefficient (Wildman–Crippen LogP) is 1.61. The predicted molar refractivity (Wildman–Crippen MR) is 71.9 cm³/mol. The Kier molecular flexibility index (Phi) is 4.32. The first-order chi connectivity index (χ1) is 9.13. The minimum absolute atomic E-state index is 0.0306. The Bertz CT molecular complexity index is 458. The maximum atomic E-state index is 12.5. The summed E-state index contributed by atoms with van der Waals surface area (Å²) in [7, 11) is 1.92. The van der Waals surface area contributed by atoms with Crippen LogP contribution in [-0.4, -0.2) is 43.4 Å². The van der Waals surface area contributed by atoms with Gasteiger partial charge in [0.25, 0.3) is 0 Å². The van der Waals surface area contributed by atoms with Gasteiger partial charge in [-0.15, -0.1) is 0 Å². The fraction of sp³-hybridized carbons (Fsp3) is 0.467. The third kappa shape index (κ3) is 3.01. The van der Waals surface area contributed by atoms with Crippen LogP contribution in [0.25, 0.3) is 0 Å². The number of hydrogen-bond donors (Lipinski definition) is 0. The van der Waals surface area contributed by atoms with Crippen LogP contribution in [0.1, 0.15) is 17.3 Å². The number of carbonyl (C=O) groups excluding carboxylic acids is 2. The summed E-state index contributed by atoms with van der Waals surface area (Å²) in [6.07, 6.45) is 0. The fourth-order valence-corrected chi connectivity index (χ4v) is 2.57. The van der Waals surface area contributed by atoms with Crippen molar-refractivity contribution in [1.29, 1.82) is 0 Å². The fourth-order valence-electron chi connectivity index (χ4n) is 2.57. The molecule has 4 nitrogen and oxygen atoms in total. The second kappa shape index (κ2) is 5.97. The van der Waals surface area contributed by atoms with Crippen LogP contribution in [-0.2, 0) is 9.53 Å². The summed E-state index contributed by atoms with van der Waals surface area (Å²) < 4.78 is 5.07. The summed E-state index contributed by atoms with van der Waals surface area (Å²) in [5, 5.41) is 0. The van der Waals surface area contributed by atoms with E-state index in [2.05, 4.69) is 0 Å². The Labute approximate surface area is 113 Å². The van der Waals surface area contributed by atoms with Gasteiger partial charge in [-0.05, 0) is 14.0 Å². The van der Waals surface area contributed by atoms with Gasteiger partial charge in [0.2, 0.25) is 0 Å². The zero-order valence-electron chi connectivity index (χ0n) is 11.3. The molecule has 0 N–H and O–H groups in total. The van der Waals surface area contributed by atoms with Crippen molar-refractivity contribution in [2.75, 3.05) is 26.7 Å². The van der Waals surface area contributed by atoms with E-state index in [1.165, 1.54) is 0 Å². The number of carbonyl (C=O) groups is 2. The quantitative estimate of drug-likeness (QED) is 0.610. The van der Waals surface area contributed by atoms with Gasteiger partial charge in [0.1, 0.15) is 0 Å². The molecule has 102 valence electrons. The van der Waals surface area contributed by atoms with Crippen LogP contribution in [0.5, 0.6) is 0 Å². The Morgan fingerprint density at radius 1 is 1.21 bits per heavy atom. The number of likely N-dealkylation sites (tertiary alicyclic amines) is 1. The van der Waals surface area contributed by atoms with Gasteiger partial charge in [0, 0.05) is 24.6 Å². The van der Waals surface area contributed by atoms with E-state index < -0.39 is 0 Å². The number of ether oxygens (including phenoxy) is 1. The molecule has 19 heavy (non-hydrogen) atoms. The van der Waals surface area contributed by atoms with Crippen LogP contribution in [0.15, 0.2) is 30.3 Å². The van der Waals surface area contributed by atoms with Crippen molar-refractivity contribution in [1.82, 2.24) is 4.90 Å². The molecule has 2 rings (SSSR count). The first kappa shape index (κ1) is 13.7. The van der Waals surface area contributed by atoms with Crippen molar-refractivity contribution >= 4 is 11.8 Å². The molecular formula is C15H19NO3. The van der Waals surface area contributed by atoms with Crippen LogP contribution < -0.4 is 0 Å². The Balaban J connectivity index is 2.17. The molecule has 1 fully saturated rings. The largest absolute Gasteiger partial charge is 0.466 e. The zero-order valence-corrected chi connectivity index (χ0v) is 11.3. The lowest BCUT2D eigenvalue weighted by atomic mass is 9.88. The van der Waals surface area contributed by atoms with Gasteiger partial charge in [-0.2, -0.15) is 0 Å². The monoisotopic (exact) mass is 261 g/mol. The molecule has 0 aliphatic carbocycles. The van der Waals surface area contributed by atoms with Crippen molar-refractivity contribution in [3.63, 3.8) is 0 Å². The SMILES string of the molecule is CCOC(=O)[C@@H]1CN(C)C[C@H]1C(=O)c1ccccc1. The topological polar surface area (TPSA) is 46.6 Å². The maximum Gasteiger partial charge on any atom is 0.311 e. The summed E-state index contributed by atoms with van der Waals surface area (Å²) in [5.41, 5.74) is 0.664. The van der Waals surface area contributed by atoms with E-state index in [-0.39, 0.29) is 23.6 Å². The summed E-state index contributed by atoms with van der Waals surface area (Å²) in [6, 6.07) is 9.14. The Morgan fingerprint density at radius 3 is 2.47 bits per heavy atom. The molecule has 0 bridgehead atoms. The van der Waals surface area contributed by atoms with Gasteiger partial charge < -0.3 is 9.64 Å². The van der Waals surface area contributed by atoms with E-state index in [4.69, 9.17) is 4.74 Å². The van der Waals surface area contributed by atoms with Crippen molar-refractivity contribution < 1.29 is 14.3 Å². The molecule has 1 saturated heterocycles. The van der Waals surface area contributed by atoms with E-state index >= 15 is 0 Å². The van der Waals surface area contributed by atoms with Crippen LogP contribution in [0.2, 0.25) is 0 Å². The summed E-state index contributed by atoms with van der Waals surface area (Å²) in [6.45, 7) is 3.33. The summed E-state index contributed by atoms with van der Waals surface area (Å²) in [5.74, 6) is -0.881. The van der Waals surface area contributed by atoms with Crippen molar-refractivity contribution in [2.45, 2.75) is 6.92 Å². The first-order valence-electron chi connectivity index (χ1n) is 6.58. The lowest BCUT2D eigenvalue weighted by molar-refractivity contribution is -0.148. The highest BCUT2D eigenvalue weighted by atomic mass is 16.5. The van der Waals surface area contributed by atoms with Gasteiger partial charge in [-0.25, -0.2) is 0 Å². The molecule has 0 aromatic heterocycles. The van der Waals surface area contributed by atoms with Gasteiger partial charge in [0.15, 0.2) is 5.78 Å². The van der Waals surface area contributed by atoms with Gasteiger partial charge in [-0.1, -0.05) is 30.3 Å². The third-order valence-corrected chi connectivity index (χ3v) is 3.49. The van der Waals surface area contributed by atoms with Crippen LogP contribution >= 0.6 is 0 Å². The van der Waals surface area contributed by atoms with Crippen LogP contribution in [0.3, 0.4) is 0 Å². The van der Waals surface area contributed by atoms with Crippen LogP contribution in [0, 0.1) is 11.8 Å². The molecule has 1 aliphatic heterocycles. The number of Topliss-reactive ketones (excluding diaryl/α,β-unsaturated/α-hetero) is 1. The molecule has 4 heteroatoms. The molecule has 0 amide bonds. The van der Waals surface area contributed by atoms with Gasteiger partial charge >= 0.3 is 5.97 Å². The molecule has 0 unspecified atom stereocenters. The van der Waals surface area contributed by atoms with Crippen LogP contribution in [0.4, 0.5) is 0 Å². The molecule has 0 radical (unpaired) electrons. The molecular weight excluding hydrogens is 242 g/mol. The lowest BCUT2D eigenvalue weighted by Crippen LogP contribution is -2.30. The zero-order chi connectivity index (χ0) is 13.8. The van der Waals surface area contributed by atoms with Gasteiger partial charge in [-0.3, -0.25) is 9.59 Å². The molecule has 0 spiro atoms. The van der Waals surface area contributed by atoms with Gasteiger partial charge in [0.05, 0.1) is 12.5 Å². The minimum Gasteiger partial charge on any atom is -0.466 e. The lowest BCUT2D eigenvalue weighted by Gasteiger charge is -2.15.